The van der Waals surface area contributed by atoms with Gasteiger partial charge >= 0.3 is 12.1 Å². The summed E-state index contributed by atoms with van der Waals surface area (Å²) in [5, 5.41) is 10.7. The van der Waals surface area contributed by atoms with E-state index >= 15 is 0 Å². The Morgan fingerprint density at radius 1 is 1.44 bits per heavy atom. The maximum atomic E-state index is 12.5. The average Bonchev–Trinajstić information content (AvgIpc) is 2.81. The summed E-state index contributed by atoms with van der Waals surface area (Å²) >= 11 is 1.19. The van der Waals surface area contributed by atoms with Crippen LogP contribution in [-0.4, -0.2) is 21.0 Å². The Bertz CT molecular complexity index is 602. The van der Waals surface area contributed by atoms with Gasteiger partial charge < -0.3 is 9.52 Å². The Kier molecular flexibility index (Phi) is 2.85. The van der Waals surface area contributed by atoms with E-state index in [-0.39, 0.29) is 5.69 Å². The molecule has 2 aromatic rings. The van der Waals surface area contributed by atoms with Crippen molar-refractivity contribution in [3.05, 3.63) is 21.8 Å². The Hall–Kier alpha value is -1.90. The average molecular weight is 278 g/mol. The quantitative estimate of drug-likeness (QED) is 0.914. The number of carboxylic acid groups (broad SMARTS) is 1. The molecule has 1 N–H and O–H groups in total. The highest BCUT2D eigenvalue weighted by Crippen LogP contribution is 2.34. The van der Waals surface area contributed by atoms with Gasteiger partial charge in [0.05, 0.1) is 5.01 Å². The van der Waals surface area contributed by atoms with Gasteiger partial charge in [-0.25, -0.2) is 14.8 Å². The van der Waals surface area contributed by atoms with Crippen molar-refractivity contribution in [3.8, 4) is 11.6 Å². The van der Waals surface area contributed by atoms with Crippen molar-refractivity contribution in [2.45, 2.75) is 13.1 Å². The summed E-state index contributed by atoms with van der Waals surface area (Å²) in [5.74, 6) is -3.51. The highest BCUT2D eigenvalue weighted by molar-refractivity contribution is 7.09. The molecule has 2 rings (SSSR count). The fraction of sp³-hybridized carbons (Fsp3) is 0.222. The van der Waals surface area contributed by atoms with E-state index in [1.165, 1.54) is 16.7 Å². The number of oxazole rings is 1. The van der Waals surface area contributed by atoms with Gasteiger partial charge in [0.25, 0.3) is 0 Å². The van der Waals surface area contributed by atoms with Crippen molar-refractivity contribution in [3.63, 3.8) is 0 Å². The van der Waals surface area contributed by atoms with E-state index in [4.69, 9.17) is 5.11 Å². The minimum absolute atomic E-state index is 0.0792. The van der Waals surface area contributed by atoms with Crippen LogP contribution in [0.5, 0.6) is 0 Å². The van der Waals surface area contributed by atoms with Crippen LogP contribution < -0.4 is 0 Å². The summed E-state index contributed by atoms with van der Waals surface area (Å²) < 4.78 is 42.2. The number of nitrogens with zero attached hydrogens (tertiary/aromatic N) is 2. The van der Waals surface area contributed by atoms with Crippen molar-refractivity contribution in [2.75, 3.05) is 0 Å². The number of alkyl halides is 3. The van der Waals surface area contributed by atoms with Gasteiger partial charge in [-0.2, -0.15) is 13.2 Å². The van der Waals surface area contributed by atoms with Crippen LogP contribution in [0.3, 0.4) is 0 Å². The number of aromatic carboxylic acids is 1. The lowest BCUT2D eigenvalue weighted by atomic mass is 10.3. The van der Waals surface area contributed by atoms with Crippen LogP contribution in [0.4, 0.5) is 13.2 Å². The molecule has 0 bridgehead atoms. The Labute approximate surface area is 102 Å². The van der Waals surface area contributed by atoms with E-state index in [2.05, 4.69) is 14.4 Å². The minimum Gasteiger partial charge on any atom is -0.475 e. The molecule has 0 aliphatic heterocycles. The molecule has 0 aliphatic rings. The van der Waals surface area contributed by atoms with Crippen LogP contribution >= 0.6 is 11.3 Å². The molecule has 0 atom stereocenters. The van der Waals surface area contributed by atoms with Crippen molar-refractivity contribution in [1.29, 1.82) is 0 Å². The standard InChI is InChI=1S/C9H5F3N2O3S/c1-3-13-4(2-18-3)7-14-6(9(10,11)12)5(17-7)8(15)16/h2H,1H3,(H,15,16). The van der Waals surface area contributed by atoms with Gasteiger partial charge in [0.1, 0.15) is 5.69 Å². The topological polar surface area (TPSA) is 76.2 Å². The van der Waals surface area contributed by atoms with Crippen molar-refractivity contribution < 1.29 is 27.5 Å². The van der Waals surface area contributed by atoms with Gasteiger partial charge in [-0.3, -0.25) is 0 Å². The molecule has 2 aromatic heterocycles. The van der Waals surface area contributed by atoms with E-state index < -0.39 is 29.5 Å². The van der Waals surface area contributed by atoms with Crippen molar-refractivity contribution >= 4 is 17.3 Å². The first-order valence-electron chi connectivity index (χ1n) is 4.53. The predicted molar refractivity (Wildman–Crippen MR) is 54.3 cm³/mol. The molecule has 0 saturated carbocycles. The summed E-state index contributed by atoms with van der Waals surface area (Å²) in [6.45, 7) is 1.65. The third-order valence-corrected chi connectivity index (χ3v) is 2.70. The molecule has 5 nitrogen and oxygen atoms in total. The van der Waals surface area contributed by atoms with E-state index in [1.807, 2.05) is 0 Å². The highest BCUT2D eigenvalue weighted by Gasteiger charge is 2.41. The molecular formula is C9H5F3N2O3S. The fourth-order valence-electron chi connectivity index (χ4n) is 1.23. The molecule has 2 heterocycles. The van der Waals surface area contributed by atoms with E-state index in [1.54, 1.807) is 6.92 Å². The van der Waals surface area contributed by atoms with Crippen molar-refractivity contribution in [1.82, 2.24) is 9.97 Å². The second kappa shape index (κ2) is 4.09. The molecule has 9 heteroatoms. The first kappa shape index (κ1) is 12.6. The Morgan fingerprint density at radius 2 is 2.11 bits per heavy atom. The molecule has 0 fully saturated rings. The van der Waals surface area contributed by atoms with Gasteiger partial charge in [0, 0.05) is 5.38 Å². The molecule has 0 aliphatic carbocycles. The summed E-state index contributed by atoms with van der Waals surface area (Å²) in [6.07, 6.45) is -4.89. The number of carboxylic acids is 1. The fourth-order valence-corrected chi connectivity index (χ4v) is 1.82. The molecule has 0 amide bonds. The minimum atomic E-state index is -4.89. The van der Waals surface area contributed by atoms with Gasteiger partial charge in [-0.05, 0) is 6.92 Å². The molecule has 0 radical (unpaired) electrons. The predicted octanol–water partition coefficient (Wildman–Crippen LogP) is 2.82. The smallest absolute Gasteiger partial charge is 0.437 e. The van der Waals surface area contributed by atoms with Gasteiger partial charge in [0.2, 0.25) is 11.7 Å². The van der Waals surface area contributed by atoms with Crippen LogP contribution in [0.2, 0.25) is 0 Å². The number of carbonyl (C=O) groups is 1. The number of thiazole rings is 1. The number of hydrogen-bond donors (Lipinski definition) is 1. The van der Waals surface area contributed by atoms with Crippen LogP contribution in [0.1, 0.15) is 21.3 Å². The molecular weight excluding hydrogens is 273 g/mol. The van der Waals surface area contributed by atoms with Gasteiger partial charge in [0.15, 0.2) is 5.69 Å². The number of halogens is 3. The van der Waals surface area contributed by atoms with E-state index in [9.17, 15) is 18.0 Å². The molecule has 0 saturated heterocycles. The van der Waals surface area contributed by atoms with Crippen LogP contribution in [0, 0.1) is 6.92 Å². The van der Waals surface area contributed by atoms with Crippen molar-refractivity contribution in [2.24, 2.45) is 0 Å². The number of aryl methyl sites for hydroxylation is 1. The van der Waals surface area contributed by atoms with E-state index in [0.29, 0.717) is 5.01 Å². The normalized spacial score (nSPS) is 11.8. The number of aromatic nitrogens is 2. The van der Waals surface area contributed by atoms with Crippen LogP contribution in [0.25, 0.3) is 11.6 Å². The third-order valence-electron chi connectivity index (χ3n) is 1.93. The first-order valence-corrected chi connectivity index (χ1v) is 5.41. The van der Waals surface area contributed by atoms with Crippen LogP contribution in [-0.2, 0) is 6.18 Å². The molecule has 96 valence electrons. The summed E-state index contributed by atoms with van der Waals surface area (Å²) in [7, 11) is 0. The summed E-state index contributed by atoms with van der Waals surface area (Å²) in [5.41, 5.74) is -1.48. The maximum absolute atomic E-state index is 12.5. The second-order valence-corrected chi connectivity index (χ2v) is 4.31. The number of hydrogen-bond acceptors (Lipinski definition) is 5. The van der Waals surface area contributed by atoms with Gasteiger partial charge in [-0.1, -0.05) is 0 Å². The largest absolute Gasteiger partial charge is 0.475 e. The van der Waals surface area contributed by atoms with Gasteiger partial charge in [-0.15, -0.1) is 11.3 Å². The lowest BCUT2D eigenvalue weighted by molar-refractivity contribution is -0.141. The maximum Gasteiger partial charge on any atom is 0.437 e. The lowest BCUT2D eigenvalue weighted by Crippen LogP contribution is -2.11. The zero-order valence-corrected chi connectivity index (χ0v) is 9.59. The van der Waals surface area contributed by atoms with Crippen LogP contribution in [0.15, 0.2) is 9.80 Å². The number of rotatable bonds is 2. The first-order chi connectivity index (χ1) is 8.29. The highest BCUT2D eigenvalue weighted by atomic mass is 32.1. The lowest BCUT2D eigenvalue weighted by Gasteiger charge is -2.00. The summed E-state index contributed by atoms with van der Waals surface area (Å²) in [4.78, 5) is 17.7. The zero-order valence-electron chi connectivity index (χ0n) is 8.78. The Morgan fingerprint density at radius 3 is 2.50 bits per heavy atom. The third kappa shape index (κ3) is 2.21. The van der Waals surface area contributed by atoms with E-state index in [0.717, 1.165) is 0 Å². The zero-order chi connectivity index (χ0) is 13.5. The SMILES string of the molecule is Cc1nc(-c2nc(C(F)(F)F)c(C(=O)O)o2)cs1. The summed E-state index contributed by atoms with van der Waals surface area (Å²) in [6, 6.07) is 0. The molecule has 0 aromatic carbocycles. The second-order valence-electron chi connectivity index (χ2n) is 3.25. The monoisotopic (exact) mass is 278 g/mol. The molecule has 0 spiro atoms. The Balaban J connectivity index is 2.56. The molecule has 0 unspecified atom stereocenters. The molecule has 18 heavy (non-hydrogen) atoms.